The van der Waals surface area contributed by atoms with Gasteiger partial charge in [0.1, 0.15) is 17.6 Å². The summed E-state index contributed by atoms with van der Waals surface area (Å²) in [5.74, 6) is 1.70. The van der Waals surface area contributed by atoms with Crippen LogP contribution in [0.3, 0.4) is 0 Å². The van der Waals surface area contributed by atoms with Gasteiger partial charge in [-0.15, -0.1) is 0 Å². The standard InChI is InChI=1S/C18H20O3/c1-18(2)16-10-9-14(20-4)11-15(16)17(21-18)12-5-7-13(19-3)8-6-12/h5-11,17H,1-4H3/t17-/m0/s1. The first kappa shape index (κ1) is 14.0. The Morgan fingerprint density at radius 2 is 1.52 bits per heavy atom. The van der Waals surface area contributed by atoms with E-state index in [1.165, 1.54) is 11.1 Å². The first-order valence-electron chi connectivity index (χ1n) is 7.05. The molecule has 3 nitrogen and oxygen atoms in total. The quantitative estimate of drug-likeness (QED) is 0.850. The normalized spacial score (nSPS) is 19.1. The average Bonchev–Trinajstić information content (AvgIpc) is 2.78. The lowest BCUT2D eigenvalue weighted by molar-refractivity contribution is -0.0341. The lowest BCUT2D eigenvalue weighted by Gasteiger charge is -2.20. The van der Waals surface area contributed by atoms with Crippen LogP contribution in [0.25, 0.3) is 0 Å². The van der Waals surface area contributed by atoms with Crippen LogP contribution in [-0.2, 0) is 10.3 Å². The molecule has 3 heteroatoms. The van der Waals surface area contributed by atoms with Crippen LogP contribution >= 0.6 is 0 Å². The Hall–Kier alpha value is -2.00. The third-order valence-corrected chi connectivity index (χ3v) is 4.02. The molecule has 1 aliphatic heterocycles. The smallest absolute Gasteiger partial charge is 0.119 e. The van der Waals surface area contributed by atoms with Crippen molar-refractivity contribution in [2.75, 3.05) is 14.2 Å². The van der Waals surface area contributed by atoms with Gasteiger partial charge in [0.05, 0.1) is 19.8 Å². The minimum Gasteiger partial charge on any atom is -0.497 e. The molecule has 110 valence electrons. The maximum Gasteiger partial charge on any atom is 0.119 e. The minimum absolute atomic E-state index is 0.0731. The summed E-state index contributed by atoms with van der Waals surface area (Å²) >= 11 is 0. The largest absolute Gasteiger partial charge is 0.497 e. The number of hydrogen-bond donors (Lipinski definition) is 0. The molecular formula is C18H20O3. The average molecular weight is 284 g/mol. The van der Waals surface area contributed by atoms with Crippen molar-refractivity contribution in [1.82, 2.24) is 0 Å². The number of hydrogen-bond acceptors (Lipinski definition) is 3. The van der Waals surface area contributed by atoms with E-state index in [1.54, 1.807) is 14.2 Å². The topological polar surface area (TPSA) is 27.7 Å². The Bertz CT molecular complexity index is 644. The van der Waals surface area contributed by atoms with Crippen LogP contribution in [0.15, 0.2) is 42.5 Å². The Balaban J connectivity index is 2.05. The summed E-state index contributed by atoms with van der Waals surface area (Å²) in [6.45, 7) is 4.20. The van der Waals surface area contributed by atoms with Gasteiger partial charge in [-0.2, -0.15) is 0 Å². The molecule has 1 atom stereocenters. The molecule has 0 N–H and O–H groups in total. The van der Waals surface area contributed by atoms with E-state index in [0.29, 0.717) is 0 Å². The Labute approximate surface area is 125 Å². The van der Waals surface area contributed by atoms with Gasteiger partial charge >= 0.3 is 0 Å². The van der Waals surface area contributed by atoms with E-state index in [-0.39, 0.29) is 11.7 Å². The molecule has 1 heterocycles. The highest BCUT2D eigenvalue weighted by atomic mass is 16.5. The predicted molar refractivity (Wildman–Crippen MR) is 81.9 cm³/mol. The molecule has 0 aliphatic carbocycles. The van der Waals surface area contributed by atoms with Crippen LogP contribution in [0.2, 0.25) is 0 Å². The van der Waals surface area contributed by atoms with Crippen LogP contribution in [-0.4, -0.2) is 14.2 Å². The molecule has 0 saturated carbocycles. The zero-order valence-electron chi connectivity index (χ0n) is 12.8. The molecule has 0 unspecified atom stereocenters. The molecule has 2 aromatic rings. The molecule has 0 radical (unpaired) electrons. The van der Waals surface area contributed by atoms with Gasteiger partial charge in [-0.05, 0) is 54.8 Å². The first-order chi connectivity index (χ1) is 10.0. The minimum atomic E-state index is -0.299. The summed E-state index contributed by atoms with van der Waals surface area (Å²) in [5.41, 5.74) is 3.20. The highest BCUT2D eigenvalue weighted by Gasteiger charge is 2.38. The zero-order valence-corrected chi connectivity index (χ0v) is 12.8. The van der Waals surface area contributed by atoms with Crippen LogP contribution < -0.4 is 9.47 Å². The van der Waals surface area contributed by atoms with Crippen molar-refractivity contribution in [2.24, 2.45) is 0 Å². The second-order valence-electron chi connectivity index (χ2n) is 5.73. The monoisotopic (exact) mass is 284 g/mol. The Morgan fingerprint density at radius 3 is 2.14 bits per heavy atom. The molecule has 0 fully saturated rings. The summed E-state index contributed by atoms with van der Waals surface area (Å²) in [7, 11) is 3.36. The molecule has 0 amide bonds. The van der Waals surface area contributed by atoms with E-state index in [2.05, 4.69) is 26.0 Å². The first-order valence-corrected chi connectivity index (χ1v) is 7.05. The van der Waals surface area contributed by atoms with Crippen LogP contribution in [0, 0.1) is 0 Å². The molecular weight excluding hydrogens is 264 g/mol. The van der Waals surface area contributed by atoms with Crippen molar-refractivity contribution in [2.45, 2.75) is 25.6 Å². The van der Waals surface area contributed by atoms with Gasteiger partial charge in [0.15, 0.2) is 0 Å². The third kappa shape index (κ3) is 2.38. The van der Waals surface area contributed by atoms with Crippen LogP contribution in [0.1, 0.15) is 36.6 Å². The molecule has 0 saturated heterocycles. The Morgan fingerprint density at radius 1 is 0.905 bits per heavy atom. The van der Waals surface area contributed by atoms with E-state index in [1.807, 2.05) is 30.3 Å². The molecule has 0 bridgehead atoms. The van der Waals surface area contributed by atoms with Gasteiger partial charge in [0.25, 0.3) is 0 Å². The maximum atomic E-state index is 6.28. The predicted octanol–water partition coefficient (Wildman–Crippen LogP) is 4.06. The number of fused-ring (bicyclic) bond motifs is 1. The van der Waals surface area contributed by atoms with Gasteiger partial charge < -0.3 is 14.2 Å². The number of rotatable bonds is 3. The fourth-order valence-electron chi connectivity index (χ4n) is 2.88. The summed E-state index contributed by atoms with van der Waals surface area (Å²) in [5, 5.41) is 0. The highest BCUT2D eigenvalue weighted by Crippen LogP contribution is 2.47. The fraction of sp³-hybridized carbons (Fsp3) is 0.333. The molecule has 0 aromatic heterocycles. The maximum absolute atomic E-state index is 6.28. The van der Waals surface area contributed by atoms with Crippen molar-refractivity contribution in [3.8, 4) is 11.5 Å². The number of methoxy groups -OCH3 is 2. The van der Waals surface area contributed by atoms with Gasteiger partial charge in [-0.1, -0.05) is 18.2 Å². The van der Waals surface area contributed by atoms with Crippen LogP contribution in [0.4, 0.5) is 0 Å². The van der Waals surface area contributed by atoms with Crippen molar-refractivity contribution in [3.05, 3.63) is 59.2 Å². The zero-order chi connectivity index (χ0) is 15.0. The van der Waals surface area contributed by atoms with E-state index in [4.69, 9.17) is 14.2 Å². The molecule has 3 rings (SSSR count). The lowest BCUT2D eigenvalue weighted by atomic mass is 9.92. The van der Waals surface area contributed by atoms with Crippen LogP contribution in [0.5, 0.6) is 11.5 Å². The van der Waals surface area contributed by atoms with Gasteiger partial charge in [-0.3, -0.25) is 0 Å². The van der Waals surface area contributed by atoms with E-state index >= 15 is 0 Å². The SMILES string of the molecule is COc1ccc([C@@H]2OC(C)(C)c3ccc(OC)cc32)cc1. The highest BCUT2D eigenvalue weighted by molar-refractivity contribution is 5.47. The second-order valence-corrected chi connectivity index (χ2v) is 5.73. The van der Waals surface area contributed by atoms with Crippen molar-refractivity contribution < 1.29 is 14.2 Å². The number of benzene rings is 2. The van der Waals surface area contributed by atoms with Crippen molar-refractivity contribution in [3.63, 3.8) is 0 Å². The van der Waals surface area contributed by atoms with E-state index in [9.17, 15) is 0 Å². The fourth-order valence-corrected chi connectivity index (χ4v) is 2.88. The van der Waals surface area contributed by atoms with Gasteiger partial charge in [0.2, 0.25) is 0 Å². The molecule has 2 aromatic carbocycles. The molecule has 21 heavy (non-hydrogen) atoms. The van der Waals surface area contributed by atoms with Crippen molar-refractivity contribution >= 4 is 0 Å². The Kier molecular flexibility index (Phi) is 3.38. The second kappa shape index (κ2) is 5.08. The summed E-state index contributed by atoms with van der Waals surface area (Å²) in [6, 6.07) is 14.2. The third-order valence-electron chi connectivity index (χ3n) is 4.02. The van der Waals surface area contributed by atoms with Crippen molar-refractivity contribution in [1.29, 1.82) is 0 Å². The van der Waals surface area contributed by atoms with E-state index < -0.39 is 0 Å². The molecule has 0 spiro atoms. The summed E-state index contributed by atoms with van der Waals surface area (Å²) in [4.78, 5) is 0. The summed E-state index contributed by atoms with van der Waals surface area (Å²) < 4.78 is 16.9. The lowest BCUT2D eigenvalue weighted by Crippen LogP contribution is -2.15. The van der Waals surface area contributed by atoms with E-state index in [0.717, 1.165) is 17.1 Å². The van der Waals surface area contributed by atoms with Gasteiger partial charge in [0, 0.05) is 0 Å². The summed E-state index contributed by atoms with van der Waals surface area (Å²) in [6.07, 6.45) is -0.0731. The van der Waals surface area contributed by atoms with Gasteiger partial charge in [-0.25, -0.2) is 0 Å². The molecule has 1 aliphatic rings. The number of ether oxygens (including phenoxy) is 3.